The van der Waals surface area contributed by atoms with E-state index in [4.69, 9.17) is 0 Å². The SMILES string of the molecule is Cc1ccc(S(=O)(=O)NCCS(=O)(=O)N2CCN(c3ccc(F)cc3)CC2)c(C)c1. The number of hydrogen-bond acceptors (Lipinski definition) is 5. The third-order valence-corrected chi connectivity index (χ3v) is 8.59. The van der Waals surface area contributed by atoms with Gasteiger partial charge in [0, 0.05) is 38.4 Å². The van der Waals surface area contributed by atoms with E-state index in [2.05, 4.69) is 4.72 Å². The summed E-state index contributed by atoms with van der Waals surface area (Å²) >= 11 is 0. The highest BCUT2D eigenvalue weighted by molar-refractivity contribution is 7.90. The van der Waals surface area contributed by atoms with Gasteiger partial charge in [-0.05, 0) is 49.7 Å². The average Bonchev–Trinajstić information content (AvgIpc) is 2.68. The predicted octanol–water partition coefficient (Wildman–Crippen LogP) is 1.87. The van der Waals surface area contributed by atoms with E-state index in [1.54, 1.807) is 31.2 Å². The Bertz CT molecular complexity index is 1100. The summed E-state index contributed by atoms with van der Waals surface area (Å²) in [6, 6.07) is 11.1. The van der Waals surface area contributed by atoms with Crippen LogP contribution in [0.15, 0.2) is 47.4 Å². The second kappa shape index (κ2) is 9.01. The zero-order chi connectivity index (χ0) is 21.9. The van der Waals surface area contributed by atoms with Gasteiger partial charge in [-0.25, -0.2) is 25.9 Å². The van der Waals surface area contributed by atoms with Gasteiger partial charge in [-0.15, -0.1) is 0 Å². The van der Waals surface area contributed by atoms with Crippen LogP contribution >= 0.6 is 0 Å². The van der Waals surface area contributed by atoms with Crippen LogP contribution in [0.2, 0.25) is 0 Å². The Morgan fingerprint density at radius 2 is 1.57 bits per heavy atom. The summed E-state index contributed by atoms with van der Waals surface area (Å²) in [6.07, 6.45) is 0. The molecule has 1 aliphatic heterocycles. The molecule has 0 aromatic heterocycles. The predicted molar refractivity (Wildman–Crippen MR) is 115 cm³/mol. The number of hydrogen-bond donors (Lipinski definition) is 1. The van der Waals surface area contributed by atoms with E-state index >= 15 is 0 Å². The van der Waals surface area contributed by atoms with Crippen molar-refractivity contribution in [2.75, 3.05) is 43.4 Å². The highest BCUT2D eigenvalue weighted by atomic mass is 32.2. The van der Waals surface area contributed by atoms with Gasteiger partial charge in [0.05, 0.1) is 10.6 Å². The third kappa shape index (κ3) is 5.37. The average molecular weight is 456 g/mol. The standard InChI is InChI=1S/C20H26FN3O4S2/c1-16-3-8-20(17(2)15-16)30(27,28)22-9-14-29(25,26)24-12-10-23(11-13-24)19-6-4-18(21)5-7-19/h3-8,15,22H,9-14H2,1-2H3. The molecule has 0 unspecified atom stereocenters. The fourth-order valence-electron chi connectivity index (χ4n) is 3.49. The summed E-state index contributed by atoms with van der Waals surface area (Å²) in [7, 11) is -7.38. The first-order chi connectivity index (χ1) is 14.1. The summed E-state index contributed by atoms with van der Waals surface area (Å²) in [6.45, 7) is 4.94. The molecule has 3 rings (SSSR count). The maximum absolute atomic E-state index is 13.1. The molecule has 0 bridgehead atoms. The molecule has 2 aromatic carbocycles. The lowest BCUT2D eigenvalue weighted by Gasteiger charge is -2.35. The summed E-state index contributed by atoms with van der Waals surface area (Å²) in [5, 5.41) is 0. The van der Waals surface area contributed by atoms with Crippen LogP contribution in [0.4, 0.5) is 10.1 Å². The number of sulfonamides is 2. The van der Waals surface area contributed by atoms with Gasteiger partial charge in [-0.1, -0.05) is 17.7 Å². The smallest absolute Gasteiger partial charge is 0.240 e. The molecule has 0 amide bonds. The van der Waals surface area contributed by atoms with Crippen molar-refractivity contribution in [2.45, 2.75) is 18.7 Å². The number of piperazine rings is 1. The lowest BCUT2D eigenvalue weighted by Crippen LogP contribution is -2.50. The van der Waals surface area contributed by atoms with E-state index in [0.29, 0.717) is 31.7 Å². The Hall–Kier alpha value is -2.01. The van der Waals surface area contributed by atoms with Crippen molar-refractivity contribution in [3.05, 3.63) is 59.4 Å². The van der Waals surface area contributed by atoms with Gasteiger partial charge in [0.25, 0.3) is 0 Å². The lowest BCUT2D eigenvalue weighted by molar-refractivity contribution is 0.385. The van der Waals surface area contributed by atoms with Crippen LogP contribution in [0, 0.1) is 19.7 Å². The van der Waals surface area contributed by atoms with E-state index in [1.807, 2.05) is 11.8 Å². The molecule has 1 heterocycles. The maximum Gasteiger partial charge on any atom is 0.240 e. The fraction of sp³-hybridized carbons (Fsp3) is 0.400. The first kappa shape index (κ1) is 22.7. The molecular formula is C20H26FN3O4S2. The molecule has 2 aromatic rings. The van der Waals surface area contributed by atoms with Gasteiger partial charge >= 0.3 is 0 Å². The molecule has 0 spiro atoms. The number of rotatable bonds is 7. The van der Waals surface area contributed by atoms with Gasteiger partial charge in [0.15, 0.2) is 0 Å². The quantitative estimate of drug-likeness (QED) is 0.689. The van der Waals surface area contributed by atoms with Gasteiger partial charge < -0.3 is 4.90 Å². The monoisotopic (exact) mass is 455 g/mol. The summed E-state index contributed by atoms with van der Waals surface area (Å²) in [5.74, 6) is -0.628. The molecule has 0 saturated carbocycles. The topological polar surface area (TPSA) is 86.8 Å². The number of benzene rings is 2. The number of anilines is 1. The molecule has 0 aliphatic carbocycles. The number of aryl methyl sites for hydroxylation is 2. The van der Waals surface area contributed by atoms with Crippen molar-refractivity contribution in [1.82, 2.24) is 9.03 Å². The van der Waals surface area contributed by atoms with Crippen molar-refractivity contribution >= 4 is 25.7 Å². The molecule has 0 atom stereocenters. The molecule has 10 heteroatoms. The first-order valence-corrected chi connectivity index (χ1v) is 12.7. The van der Waals surface area contributed by atoms with E-state index in [-0.39, 0.29) is 23.0 Å². The Labute approximate surface area is 177 Å². The van der Waals surface area contributed by atoms with Crippen LogP contribution in [0.25, 0.3) is 0 Å². The highest BCUT2D eigenvalue weighted by Crippen LogP contribution is 2.19. The molecule has 1 N–H and O–H groups in total. The number of halogens is 1. The van der Waals surface area contributed by atoms with Crippen LogP contribution in [0.3, 0.4) is 0 Å². The zero-order valence-corrected chi connectivity index (χ0v) is 18.6. The molecule has 1 fully saturated rings. The zero-order valence-electron chi connectivity index (χ0n) is 17.0. The molecule has 30 heavy (non-hydrogen) atoms. The Balaban J connectivity index is 1.55. The second-order valence-electron chi connectivity index (χ2n) is 7.35. The lowest BCUT2D eigenvalue weighted by atomic mass is 10.2. The minimum absolute atomic E-state index is 0.151. The molecular weight excluding hydrogens is 429 g/mol. The fourth-order valence-corrected chi connectivity index (χ4v) is 6.21. The summed E-state index contributed by atoms with van der Waals surface area (Å²) in [4.78, 5) is 2.15. The number of nitrogens with one attached hydrogen (secondary N) is 1. The van der Waals surface area contributed by atoms with E-state index < -0.39 is 20.0 Å². The molecule has 0 radical (unpaired) electrons. The van der Waals surface area contributed by atoms with Crippen LogP contribution in [-0.2, 0) is 20.0 Å². The van der Waals surface area contributed by atoms with Gasteiger partial charge in [0.1, 0.15) is 5.82 Å². The normalized spacial score (nSPS) is 16.0. The van der Waals surface area contributed by atoms with Gasteiger partial charge in [0.2, 0.25) is 20.0 Å². The highest BCUT2D eigenvalue weighted by Gasteiger charge is 2.27. The van der Waals surface area contributed by atoms with Gasteiger partial charge in [-0.3, -0.25) is 0 Å². The van der Waals surface area contributed by atoms with E-state index in [0.717, 1.165) is 11.3 Å². The van der Waals surface area contributed by atoms with Crippen LogP contribution in [0.1, 0.15) is 11.1 Å². The van der Waals surface area contributed by atoms with Crippen molar-refractivity contribution < 1.29 is 21.2 Å². The third-order valence-electron chi connectivity index (χ3n) is 5.10. The summed E-state index contributed by atoms with van der Waals surface area (Å²) < 4.78 is 67.1. The molecule has 1 saturated heterocycles. The Kier molecular flexibility index (Phi) is 6.81. The van der Waals surface area contributed by atoms with E-state index in [1.165, 1.54) is 22.5 Å². The van der Waals surface area contributed by atoms with Gasteiger partial charge in [-0.2, -0.15) is 4.31 Å². The van der Waals surface area contributed by atoms with Crippen LogP contribution < -0.4 is 9.62 Å². The Morgan fingerprint density at radius 3 is 2.17 bits per heavy atom. The van der Waals surface area contributed by atoms with Crippen LogP contribution in [-0.4, -0.2) is 59.6 Å². The minimum Gasteiger partial charge on any atom is -0.369 e. The van der Waals surface area contributed by atoms with Crippen molar-refractivity contribution in [2.24, 2.45) is 0 Å². The largest absolute Gasteiger partial charge is 0.369 e. The molecule has 7 nitrogen and oxygen atoms in total. The minimum atomic E-state index is -3.78. The second-order valence-corrected chi connectivity index (χ2v) is 11.2. The first-order valence-electron chi connectivity index (χ1n) is 9.64. The van der Waals surface area contributed by atoms with Crippen molar-refractivity contribution in [3.8, 4) is 0 Å². The van der Waals surface area contributed by atoms with Crippen LogP contribution in [0.5, 0.6) is 0 Å². The summed E-state index contributed by atoms with van der Waals surface area (Å²) in [5.41, 5.74) is 2.41. The maximum atomic E-state index is 13.1. The Morgan fingerprint density at radius 1 is 0.933 bits per heavy atom. The van der Waals surface area contributed by atoms with Crippen molar-refractivity contribution in [1.29, 1.82) is 0 Å². The molecule has 164 valence electrons. The van der Waals surface area contributed by atoms with E-state index in [9.17, 15) is 21.2 Å². The molecule has 1 aliphatic rings. The van der Waals surface area contributed by atoms with Crippen molar-refractivity contribution in [3.63, 3.8) is 0 Å². The number of nitrogens with zero attached hydrogens (tertiary/aromatic N) is 2.